The van der Waals surface area contributed by atoms with Crippen LogP contribution >= 0.6 is 0 Å². The molecule has 0 spiro atoms. The molecule has 0 radical (unpaired) electrons. The molecule has 29 heavy (non-hydrogen) atoms. The van der Waals surface area contributed by atoms with Crippen LogP contribution in [0.25, 0.3) is 11.3 Å². The number of anilines is 3. The average molecular weight is 404 g/mol. The van der Waals surface area contributed by atoms with E-state index in [0.717, 1.165) is 0 Å². The Morgan fingerprint density at radius 2 is 1.72 bits per heavy atom. The first-order valence-corrected chi connectivity index (χ1v) is 8.76. The Balaban J connectivity index is 1.97. The fraction of sp³-hybridized carbons (Fsp3) is 0.200. The first-order chi connectivity index (χ1) is 13.7. The highest BCUT2D eigenvalue weighted by molar-refractivity contribution is 5.68. The third kappa shape index (κ3) is 6.00. The summed E-state index contributed by atoms with van der Waals surface area (Å²) in [6, 6.07) is 13.6. The monoisotopic (exact) mass is 404 g/mol. The maximum Gasteiger partial charge on any atom is 0.573 e. The van der Waals surface area contributed by atoms with Gasteiger partial charge in [-0.3, -0.25) is 0 Å². The van der Waals surface area contributed by atoms with Crippen molar-refractivity contribution in [1.29, 1.82) is 0 Å². The van der Waals surface area contributed by atoms with E-state index in [0.29, 0.717) is 28.7 Å². The smallest absolute Gasteiger partial charge is 0.508 e. The number of aromatic hydroxyl groups is 1. The Morgan fingerprint density at radius 3 is 2.38 bits per heavy atom. The molecular weight excluding hydrogens is 385 g/mol. The van der Waals surface area contributed by atoms with Crippen LogP contribution < -0.4 is 15.4 Å². The van der Waals surface area contributed by atoms with Gasteiger partial charge in [0.25, 0.3) is 0 Å². The van der Waals surface area contributed by atoms with E-state index in [-0.39, 0.29) is 17.5 Å². The van der Waals surface area contributed by atoms with Crippen molar-refractivity contribution in [1.82, 2.24) is 9.97 Å². The first-order valence-electron chi connectivity index (χ1n) is 8.76. The highest BCUT2D eigenvalue weighted by Gasteiger charge is 2.31. The van der Waals surface area contributed by atoms with Crippen LogP contribution in [0.2, 0.25) is 0 Å². The lowest BCUT2D eigenvalue weighted by atomic mass is 10.1. The van der Waals surface area contributed by atoms with Gasteiger partial charge in [0, 0.05) is 23.4 Å². The molecule has 0 amide bonds. The van der Waals surface area contributed by atoms with E-state index < -0.39 is 6.36 Å². The Labute approximate surface area is 165 Å². The summed E-state index contributed by atoms with van der Waals surface area (Å²) < 4.78 is 41.6. The first kappa shape index (κ1) is 20.2. The van der Waals surface area contributed by atoms with Crippen LogP contribution in [0, 0.1) is 0 Å². The molecule has 6 nitrogen and oxygen atoms in total. The fourth-order valence-corrected chi connectivity index (χ4v) is 2.53. The maximum atomic E-state index is 12.5. The lowest BCUT2D eigenvalue weighted by molar-refractivity contribution is -0.274. The van der Waals surface area contributed by atoms with Gasteiger partial charge in [-0.05, 0) is 50.2 Å². The second-order valence-electron chi connectivity index (χ2n) is 6.51. The summed E-state index contributed by atoms with van der Waals surface area (Å²) in [7, 11) is 0. The quantitative estimate of drug-likeness (QED) is 0.483. The van der Waals surface area contributed by atoms with Crippen LogP contribution in [0.1, 0.15) is 13.8 Å². The number of rotatable bonds is 6. The lowest BCUT2D eigenvalue weighted by Crippen LogP contribution is -2.17. The molecule has 0 aliphatic rings. The fourth-order valence-electron chi connectivity index (χ4n) is 2.53. The van der Waals surface area contributed by atoms with Gasteiger partial charge in [-0.2, -0.15) is 4.98 Å². The number of alkyl halides is 3. The predicted octanol–water partition coefficient (Wildman–Crippen LogP) is 5.31. The van der Waals surface area contributed by atoms with Gasteiger partial charge in [-0.1, -0.05) is 12.1 Å². The van der Waals surface area contributed by atoms with Crippen molar-refractivity contribution in [3.8, 4) is 22.8 Å². The van der Waals surface area contributed by atoms with Gasteiger partial charge in [-0.25, -0.2) is 4.98 Å². The van der Waals surface area contributed by atoms with Crippen LogP contribution in [0.15, 0.2) is 54.6 Å². The zero-order valence-electron chi connectivity index (χ0n) is 15.7. The number of hydrogen-bond donors (Lipinski definition) is 3. The van der Waals surface area contributed by atoms with Gasteiger partial charge in [0.2, 0.25) is 5.95 Å². The van der Waals surface area contributed by atoms with Crippen LogP contribution in [0.4, 0.5) is 30.6 Å². The number of nitrogens with one attached hydrogen (secondary N) is 2. The van der Waals surface area contributed by atoms with E-state index in [1.807, 2.05) is 13.8 Å². The number of phenols is 1. The maximum absolute atomic E-state index is 12.5. The normalized spacial score (nSPS) is 11.4. The summed E-state index contributed by atoms with van der Waals surface area (Å²) in [4.78, 5) is 8.79. The molecule has 1 heterocycles. The molecule has 0 saturated carbocycles. The highest BCUT2D eigenvalue weighted by atomic mass is 19.4. The predicted molar refractivity (Wildman–Crippen MR) is 104 cm³/mol. The number of aromatic nitrogens is 2. The van der Waals surface area contributed by atoms with Crippen molar-refractivity contribution in [2.24, 2.45) is 0 Å². The van der Waals surface area contributed by atoms with Crippen LogP contribution in [-0.2, 0) is 0 Å². The summed E-state index contributed by atoms with van der Waals surface area (Å²) in [5.41, 5.74) is 1.53. The standard InChI is InChI=1S/C20H19F3N4O2/c1-12(2)24-19-26-17(13-4-3-5-16(10-13)29-20(21,22)23)11-18(27-19)25-14-6-8-15(28)9-7-14/h3-12,28H,1-2H3,(H2,24,25,26,27). The van der Waals surface area contributed by atoms with Gasteiger partial charge < -0.3 is 20.5 Å². The topological polar surface area (TPSA) is 79.3 Å². The molecule has 0 fully saturated rings. The van der Waals surface area contributed by atoms with Gasteiger partial charge >= 0.3 is 6.36 Å². The zero-order chi connectivity index (χ0) is 21.0. The van der Waals surface area contributed by atoms with E-state index >= 15 is 0 Å². The Kier molecular flexibility index (Phi) is 5.76. The molecule has 0 aliphatic heterocycles. The average Bonchev–Trinajstić information content (AvgIpc) is 2.62. The minimum Gasteiger partial charge on any atom is -0.508 e. The van der Waals surface area contributed by atoms with Crippen LogP contribution in [0.5, 0.6) is 11.5 Å². The molecule has 0 saturated heterocycles. The van der Waals surface area contributed by atoms with Crippen LogP contribution in [0.3, 0.4) is 0 Å². The largest absolute Gasteiger partial charge is 0.573 e. The second kappa shape index (κ2) is 8.26. The van der Waals surface area contributed by atoms with E-state index in [1.54, 1.807) is 24.3 Å². The molecular formula is C20H19F3N4O2. The van der Waals surface area contributed by atoms with Gasteiger partial charge in [-0.15, -0.1) is 13.2 Å². The van der Waals surface area contributed by atoms with E-state index in [2.05, 4.69) is 25.3 Å². The molecule has 1 aromatic heterocycles. The number of hydrogen-bond acceptors (Lipinski definition) is 6. The summed E-state index contributed by atoms with van der Waals surface area (Å²) in [6.07, 6.45) is -4.78. The Hall–Kier alpha value is -3.49. The molecule has 2 aromatic carbocycles. The van der Waals surface area contributed by atoms with Crippen molar-refractivity contribution in [3.05, 3.63) is 54.6 Å². The van der Waals surface area contributed by atoms with E-state index in [9.17, 15) is 18.3 Å². The van der Waals surface area contributed by atoms with Crippen molar-refractivity contribution < 1.29 is 23.0 Å². The number of ether oxygens (including phenoxy) is 1. The van der Waals surface area contributed by atoms with Crippen molar-refractivity contribution >= 4 is 17.5 Å². The lowest BCUT2D eigenvalue weighted by Gasteiger charge is -2.14. The number of phenolic OH excluding ortho intramolecular Hbond substituents is 1. The molecule has 3 rings (SSSR count). The highest BCUT2D eigenvalue weighted by Crippen LogP contribution is 2.29. The molecule has 0 unspecified atom stereocenters. The second-order valence-corrected chi connectivity index (χ2v) is 6.51. The van der Waals surface area contributed by atoms with E-state index in [4.69, 9.17) is 0 Å². The number of benzene rings is 2. The molecule has 3 aromatic rings. The summed E-state index contributed by atoms with van der Waals surface area (Å²) in [6.45, 7) is 3.84. The zero-order valence-corrected chi connectivity index (χ0v) is 15.7. The van der Waals surface area contributed by atoms with Crippen molar-refractivity contribution in [2.75, 3.05) is 10.6 Å². The molecule has 9 heteroatoms. The number of halogens is 3. The van der Waals surface area contributed by atoms with Gasteiger partial charge in [0.1, 0.15) is 17.3 Å². The Bertz CT molecular complexity index is 976. The molecule has 0 aliphatic carbocycles. The van der Waals surface area contributed by atoms with Crippen molar-refractivity contribution in [2.45, 2.75) is 26.3 Å². The van der Waals surface area contributed by atoms with Gasteiger partial charge in [0.15, 0.2) is 0 Å². The van der Waals surface area contributed by atoms with Crippen molar-refractivity contribution in [3.63, 3.8) is 0 Å². The minimum atomic E-state index is -4.78. The van der Waals surface area contributed by atoms with Crippen LogP contribution in [-0.4, -0.2) is 27.5 Å². The SMILES string of the molecule is CC(C)Nc1nc(Nc2ccc(O)cc2)cc(-c2cccc(OC(F)(F)F)c2)n1. The Morgan fingerprint density at radius 1 is 1.00 bits per heavy atom. The third-order valence-electron chi connectivity index (χ3n) is 3.65. The molecule has 152 valence electrons. The summed E-state index contributed by atoms with van der Waals surface area (Å²) >= 11 is 0. The van der Waals surface area contributed by atoms with Gasteiger partial charge in [0.05, 0.1) is 5.69 Å². The van der Waals surface area contributed by atoms with E-state index in [1.165, 1.54) is 30.3 Å². The third-order valence-corrected chi connectivity index (χ3v) is 3.65. The molecule has 3 N–H and O–H groups in total. The molecule has 0 bridgehead atoms. The molecule has 0 atom stereocenters. The number of nitrogens with zero attached hydrogens (tertiary/aromatic N) is 2. The summed E-state index contributed by atoms with van der Waals surface area (Å²) in [5, 5.41) is 15.6. The summed E-state index contributed by atoms with van der Waals surface area (Å²) in [5.74, 6) is 0.550. The minimum absolute atomic E-state index is 0.0478.